The van der Waals surface area contributed by atoms with Crippen LogP contribution in [-0.4, -0.2) is 25.2 Å². The Morgan fingerprint density at radius 1 is 1.00 bits per heavy atom. The van der Waals surface area contributed by atoms with Crippen molar-refractivity contribution >= 4 is 5.91 Å². The largest absolute Gasteiger partial charge is 0.491 e. The van der Waals surface area contributed by atoms with Gasteiger partial charge in [-0.2, -0.15) is 0 Å². The normalized spacial score (nSPS) is 11.9. The average molecular weight is 341 g/mol. The van der Waals surface area contributed by atoms with Crippen LogP contribution in [-0.2, 0) is 4.79 Å². The fraction of sp³-hybridized carbons (Fsp3) is 0.381. The number of para-hydroxylation sites is 1. The highest BCUT2D eigenvalue weighted by molar-refractivity contribution is 5.77. The Bertz CT molecular complexity index is 680. The van der Waals surface area contributed by atoms with Crippen LogP contribution in [0.2, 0.25) is 0 Å². The third-order valence-electron chi connectivity index (χ3n) is 3.91. The van der Waals surface area contributed by atoms with Crippen LogP contribution >= 0.6 is 0 Å². The Morgan fingerprint density at radius 2 is 1.68 bits per heavy atom. The Balaban J connectivity index is 1.73. The summed E-state index contributed by atoms with van der Waals surface area (Å²) in [5, 5.41) is 2.88. The summed E-state index contributed by atoms with van der Waals surface area (Å²) in [6, 6.07) is 15.6. The lowest BCUT2D eigenvalue weighted by atomic mass is 10.0. The van der Waals surface area contributed by atoms with Gasteiger partial charge in [-0.15, -0.1) is 0 Å². The van der Waals surface area contributed by atoms with Crippen LogP contribution < -0.4 is 14.8 Å². The molecule has 0 aliphatic rings. The van der Waals surface area contributed by atoms with E-state index >= 15 is 0 Å². The van der Waals surface area contributed by atoms with Gasteiger partial charge in [0.25, 0.3) is 5.91 Å². The summed E-state index contributed by atoms with van der Waals surface area (Å²) in [5.74, 6) is 1.86. The molecule has 0 heterocycles. The van der Waals surface area contributed by atoms with Crippen molar-refractivity contribution in [2.45, 2.75) is 39.7 Å². The van der Waals surface area contributed by atoms with E-state index in [1.54, 1.807) is 0 Å². The molecule has 4 heteroatoms. The molecule has 0 fully saturated rings. The SMILES string of the molecule is Cc1ccccc1OC[C@@H](C)NC(=O)COc1ccc(C(C)C)cc1. The van der Waals surface area contributed by atoms with Gasteiger partial charge in [0.05, 0.1) is 6.04 Å². The molecule has 0 bridgehead atoms. The number of nitrogens with one attached hydrogen (secondary N) is 1. The van der Waals surface area contributed by atoms with Gasteiger partial charge in [0, 0.05) is 0 Å². The smallest absolute Gasteiger partial charge is 0.258 e. The summed E-state index contributed by atoms with van der Waals surface area (Å²) in [7, 11) is 0. The summed E-state index contributed by atoms with van der Waals surface area (Å²) in [5.41, 5.74) is 2.33. The second-order valence-electron chi connectivity index (χ2n) is 6.56. The number of carbonyl (C=O) groups excluding carboxylic acids is 1. The van der Waals surface area contributed by atoms with E-state index in [-0.39, 0.29) is 18.6 Å². The third kappa shape index (κ3) is 6.14. The number of carbonyl (C=O) groups is 1. The summed E-state index contributed by atoms with van der Waals surface area (Å²) in [6.07, 6.45) is 0. The summed E-state index contributed by atoms with van der Waals surface area (Å²) in [4.78, 5) is 12.0. The predicted molar refractivity (Wildman–Crippen MR) is 100 cm³/mol. The van der Waals surface area contributed by atoms with Gasteiger partial charge in [-0.05, 0) is 49.1 Å². The van der Waals surface area contributed by atoms with E-state index in [1.807, 2.05) is 62.4 Å². The number of benzene rings is 2. The minimum absolute atomic E-state index is 0.00424. The molecule has 0 radical (unpaired) electrons. The molecular weight excluding hydrogens is 314 g/mol. The van der Waals surface area contributed by atoms with Crippen LogP contribution in [0.1, 0.15) is 37.8 Å². The molecule has 0 spiro atoms. The number of ether oxygens (including phenoxy) is 2. The van der Waals surface area contributed by atoms with Crippen molar-refractivity contribution in [3.63, 3.8) is 0 Å². The molecule has 0 aromatic heterocycles. The van der Waals surface area contributed by atoms with Crippen LogP contribution in [0.15, 0.2) is 48.5 Å². The van der Waals surface area contributed by atoms with Crippen molar-refractivity contribution in [1.29, 1.82) is 0 Å². The van der Waals surface area contributed by atoms with Crippen molar-refractivity contribution < 1.29 is 14.3 Å². The van der Waals surface area contributed by atoms with Crippen molar-refractivity contribution in [2.75, 3.05) is 13.2 Å². The summed E-state index contributed by atoms with van der Waals surface area (Å²) >= 11 is 0. The van der Waals surface area contributed by atoms with Gasteiger partial charge >= 0.3 is 0 Å². The van der Waals surface area contributed by atoms with Gasteiger partial charge in [0.15, 0.2) is 6.61 Å². The molecule has 1 atom stereocenters. The zero-order chi connectivity index (χ0) is 18.2. The maximum atomic E-state index is 12.0. The van der Waals surface area contributed by atoms with E-state index in [4.69, 9.17) is 9.47 Å². The molecule has 2 rings (SSSR count). The summed E-state index contributed by atoms with van der Waals surface area (Å²) in [6.45, 7) is 8.60. The molecule has 0 unspecified atom stereocenters. The van der Waals surface area contributed by atoms with Crippen LogP contribution in [0.4, 0.5) is 0 Å². The van der Waals surface area contributed by atoms with Crippen LogP contribution in [0.3, 0.4) is 0 Å². The van der Waals surface area contributed by atoms with Crippen molar-refractivity contribution in [3.8, 4) is 11.5 Å². The molecule has 25 heavy (non-hydrogen) atoms. The molecular formula is C21H27NO3. The monoisotopic (exact) mass is 341 g/mol. The van der Waals surface area contributed by atoms with Crippen molar-refractivity contribution in [1.82, 2.24) is 5.32 Å². The molecule has 0 aliphatic carbocycles. The first kappa shape index (κ1) is 18.8. The fourth-order valence-corrected chi connectivity index (χ4v) is 2.39. The van der Waals surface area contributed by atoms with E-state index < -0.39 is 0 Å². The lowest BCUT2D eigenvalue weighted by Gasteiger charge is -2.16. The first-order chi connectivity index (χ1) is 12.0. The Morgan fingerprint density at radius 3 is 2.32 bits per heavy atom. The first-order valence-electron chi connectivity index (χ1n) is 8.66. The van der Waals surface area contributed by atoms with Gasteiger partial charge in [-0.3, -0.25) is 4.79 Å². The first-order valence-corrected chi connectivity index (χ1v) is 8.66. The van der Waals surface area contributed by atoms with Gasteiger partial charge in [0.1, 0.15) is 18.1 Å². The highest BCUT2D eigenvalue weighted by Gasteiger charge is 2.10. The van der Waals surface area contributed by atoms with Gasteiger partial charge in [-0.25, -0.2) is 0 Å². The maximum absolute atomic E-state index is 12.0. The standard InChI is InChI=1S/C21H27NO3/c1-15(2)18-9-11-19(12-10-18)24-14-21(23)22-17(4)13-25-20-8-6-5-7-16(20)3/h5-12,15,17H,13-14H2,1-4H3,(H,22,23)/t17-/m1/s1. The number of hydrogen-bond acceptors (Lipinski definition) is 3. The second-order valence-corrected chi connectivity index (χ2v) is 6.56. The molecule has 1 N–H and O–H groups in total. The Kier molecular flexibility index (Phi) is 6.87. The molecule has 2 aromatic rings. The van der Waals surface area contributed by atoms with E-state index in [0.29, 0.717) is 18.3 Å². The molecule has 4 nitrogen and oxygen atoms in total. The summed E-state index contributed by atoms with van der Waals surface area (Å²) < 4.78 is 11.3. The van der Waals surface area contributed by atoms with Gasteiger partial charge < -0.3 is 14.8 Å². The topological polar surface area (TPSA) is 47.6 Å². The molecule has 134 valence electrons. The quantitative estimate of drug-likeness (QED) is 0.787. The fourth-order valence-electron chi connectivity index (χ4n) is 2.39. The minimum atomic E-state index is -0.159. The predicted octanol–water partition coefficient (Wildman–Crippen LogP) is 4.08. The lowest BCUT2D eigenvalue weighted by molar-refractivity contribution is -0.123. The van der Waals surface area contributed by atoms with E-state index in [0.717, 1.165) is 11.3 Å². The van der Waals surface area contributed by atoms with E-state index in [2.05, 4.69) is 19.2 Å². The molecule has 2 aromatic carbocycles. The second kappa shape index (κ2) is 9.11. The van der Waals surface area contributed by atoms with Gasteiger partial charge in [0.2, 0.25) is 0 Å². The van der Waals surface area contributed by atoms with Crippen LogP contribution in [0, 0.1) is 6.92 Å². The average Bonchev–Trinajstić information content (AvgIpc) is 2.59. The minimum Gasteiger partial charge on any atom is -0.491 e. The molecule has 0 saturated heterocycles. The van der Waals surface area contributed by atoms with Crippen LogP contribution in [0.5, 0.6) is 11.5 Å². The third-order valence-corrected chi connectivity index (χ3v) is 3.91. The Labute approximate surface area is 150 Å². The number of amides is 1. The number of hydrogen-bond donors (Lipinski definition) is 1. The highest BCUT2D eigenvalue weighted by atomic mass is 16.5. The Hall–Kier alpha value is -2.49. The zero-order valence-electron chi connectivity index (χ0n) is 15.4. The number of rotatable bonds is 8. The molecule has 0 saturated carbocycles. The molecule has 0 aliphatic heterocycles. The number of aryl methyl sites for hydroxylation is 1. The lowest BCUT2D eigenvalue weighted by Crippen LogP contribution is -2.39. The van der Waals surface area contributed by atoms with E-state index in [1.165, 1.54) is 5.56 Å². The van der Waals surface area contributed by atoms with Crippen molar-refractivity contribution in [2.24, 2.45) is 0 Å². The van der Waals surface area contributed by atoms with Crippen molar-refractivity contribution in [3.05, 3.63) is 59.7 Å². The zero-order valence-corrected chi connectivity index (χ0v) is 15.4. The highest BCUT2D eigenvalue weighted by Crippen LogP contribution is 2.18. The molecule has 1 amide bonds. The van der Waals surface area contributed by atoms with Gasteiger partial charge in [-0.1, -0.05) is 44.2 Å². The van der Waals surface area contributed by atoms with E-state index in [9.17, 15) is 4.79 Å². The van der Waals surface area contributed by atoms with Crippen LogP contribution in [0.25, 0.3) is 0 Å². The maximum Gasteiger partial charge on any atom is 0.258 e.